The maximum absolute atomic E-state index is 6.08. The Morgan fingerprint density at radius 3 is 2.65 bits per heavy atom. The van der Waals surface area contributed by atoms with Crippen molar-refractivity contribution in [2.24, 2.45) is 5.73 Å². The molecule has 2 aromatic rings. The van der Waals surface area contributed by atoms with Crippen LogP contribution >= 0.6 is 41.7 Å². The van der Waals surface area contributed by atoms with Crippen molar-refractivity contribution in [3.63, 3.8) is 0 Å². The summed E-state index contributed by atoms with van der Waals surface area (Å²) in [6, 6.07) is 10.3. The van der Waals surface area contributed by atoms with Gasteiger partial charge in [-0.3, -0.25) is 0 Å². The van der Waals surface area contributed by atoms with Gasteiger partial charge in [-0.15, -0.1) is 0 Å². The summed E-state index contributed by atoms with van der Waals surface area (Å²) >= 11 is 8.29. The molecule has 2 rings (SSSR count). The van der Waals surface area contributed by atoms with Gasteiger partial charge in [0.05, 0.1) is 5.02 Å². The van der Waals surface area contributed by atoms with Crippen molar-refractivity contribution in [3.05, 3.63) is 75.4 Å². The minimum absolute atomic E-state index is 0.439. The highest BCUT2D eigenvalue weighted by molar-refractivity contribution is 14.2. The van der Waals surface area contributed by atoms with E-state index in [1.807, 2.05) is 6.07 Å². The first-order valence-corrected chi connectivity index (χ1v) is 10.7. The number of halogens is 2. The molecule has 6 heteroatoms. The number of hydrogen-bond donors (Lipinski definition) is 2. The van der Waals surface area contributed by atoms with Gasteiger partial charge in [0.2, 0.25) is 0 Å². The van der Waals surface area contributed by atoms with E-state index in [0.29, 0.717) is 10.8 Å². The molecule has 0 saturated carbocycles. The molecule has 0 aliphatic rings. The zero-order chi connectivity index (χ0) is 16.8. The van der Waals surface area contributed by atoms with Crippen LogP contribution in [0.25, 0.3) is 5.57 Å². The maximum Gasteiger partial charge on any atom is 0.131 e. The largest absolute Gasteiger partial charge is 0.404 e. The Morgan fingerprint density at radius 2 is 2.04 bits per heavy atom. The number of nitrogens with two attached hydrogens (primary N) is 2. The maximum atomic E-state index is 6.08. The SMILES string of the molecule is Cc1ccc(C/C=C(\C(=C/N)SI)c2cc(Cl)cnc2N)cc1. The van der Waals surface area contributed by atoms with Crippen LogP contribution in [0.2, 0.25) is 5.02 Å². The van der Waals surface area contributed by atoms with Gasteiger partial charge in [0.15, 0.2) is 0 Å². The zero-order valence-electron chi connectivity index (χ0n) is 12.6. The molecular weight excluding hydrogens is 441 g/mol. The number of nitrogen functional groups attached to an aromatic ring is 1. The van der Waals surface area contributed by atoms with E-state index in [-0.39, 0.29) is 0 Å². The molecule has 1 aromatic heterocycles. The second kappa shape index (κ2) is 8.61. The lowest BCUT2D eigenvalue weighted by Gasteiger charge is -2.12. The quantitative estimate of drug-likeness (QED) is 0.482. The topological polar surface area (TPSA) is 64.9 Å². The Kier molecular flexibility index (Phi) is 6.80. The van der Waals surface area contributed by atoms with Gasteiger partial charge in [-0.2, -0.15) is 0 Å². The van der Waals surface area contributed by atoms with Crippen LogP contribution < -0.4 is 11.5 Å². The lowest BCUT2D eigenvalue weighted by Crippen LogP contribution is -1.99. The predicted molar refractivity (Wildman–Crippen MR) is 110 cm³/mol. The molecule has 0 spiro atoms. The number of rotatable bonds is 5. The van der Waals surface area contributed by atoms with Crippen molar-refractivity contribution in [1.29, 1.82) is 0 Å². The molecule has 4 N–H and O–H groups in total. The van der Waals surface area contributed by atoms with E-state index in [1.54, 1.807) is 12.4 Å². The predicted octanol–water partition coefficient (Wildman–Crippen LogP) is 5.14. The molecule has 0 saturated heterocycles. The van der Waals surface area contributed by atoms with Crippen LogP contribution in [-0.2, 0) is 6.42 Å². The fraction of sp³-hybridized carbons (Fsp3) is 0.118. The fourth-order valence-corrected chi connectivity index (χ4v) is 3.75. The number of anilines is 1. The first-order chi connectivity index (χ1) is 11.0. The monoisotopic (exact) mass is 457 g/mol. The van der Waals surface area contributed by atoms with Crippen LogP contribution in [0.4, 0.5) is 5.82 Å². The summed E-state index contributed by atoms with van der Waals surface area (Å²) in [5, 5.41) is 0.547. The van der Waals surface area contributed by atoms with E-state index >= 15 is 0 Å². The van der Waals surface area contributed by atoms with E-state index in [0.717, 1.165) is 22.5 Å². The van der Waals surface area contributed by atoms with Crippen molar-refractivity contribution in [2.75, 3.05) is 5.73 Å². The van der Waals surface area contributed by atoms with E-state index in [9.17, 15) is 0 Å². The standard InChI is InChI=1S/C17H17ClIN3S/c1-11-2-4-12(5-3-11)6-7-14(16(9-20)23-19)15-8-13(18)10-22-17(15)21/h2-5,7-10H,6,20H2,1H3,(H2,21,22)/b14-7-,16-9+. The highest BCUT2D eigenvalue weighted by Gasteiger charge is 2.13. The van der Waals surface area contributed by atoms with Gasteiger partial charge in [-0.05, 0) is 30.5 Å². The molecule has 23 heavy (non-hydrogen) atoms. The average molecular weight is 458 g/mol. The molecule has 3 nitrogen and oxygen atoms in total. The molecule has 0 bridgehead atoms. The van der Waals surface area contributed by atoms with E-state index in [1.165, 1.54) is 20.1 Å². The third-order valence-electron chi connectivity index (χ3n) is 3.34. The van der Waals surface area contributed by atoms with Gasteiger partial charge in [0.1, 0.15) is 5.82 Å². The number of pyridine rings is 1. The molecule has 120 valence electrons. The Labute approximate surface area is 157 Å². The molecular formula is C17H17ClIN3S. The average Bonchev–Trinajstić information content (AvgIpc) is 2.55. The molecule has 1 heterocycles. The van der Waals surface area contributed by atoms with Crippen molar-refractivity contribution in [1.82, 2.24) is 4.98 Å². The van der Waals surface area contributed by atoms with E-state index in [4.69, 9.17) is 23.1 Å². The Morgan fingerprint density at radius 1 is 1.35 bits per heavy atom. The molecule has 0 atom stereocenters. The smallest absolute Gasteiger partial charge is 0.131 e. The van der Waals surface area contributed by atoms with E-state index in [2.05, 4.69) is 63.5 Å². The van der Waals surface area contributed by atoms with Crippen LogP contribution in [0.3, 0.4) is 0 Å². The number of hydrogen-bond acceptors (Lipinski definition) is 4. The molecule has 0 fully saturated rings. The van der Waals surface area contributed by atoms with Gasteiger partial charge in [-0.25, -0.2) is 4.98 Å². The van der Waals surface area contributed by atoms with Crippen molar-refractivity contribution in [3.8, 4) is 0 Å². The summed E-state index contributed by atoms with van der Waals surface area (Å²) in [6.45, 7) is 2.07. The molecule has 0 aliphatic heterocycles. The highest BCUT2D eigenvalue weighted by atomic mass is 127. The summed E-state index contributed by atoms with van der Waals surface area (Å²) in [6.07, 6.45) is 6.01. The molecule has 0 radical (unpaired) electrons. The third kappa shape index (κ3) is 4.89. The highest BCUT2D eigenvalue weighted by Crippen LogP contribution is 2.38. The van der Waals surface area contributed by atoms with Crippen molar-refractivity contribution < 1.29 is 0 Å². The minimum atomic E-state index is 0.439. The first-order valence-electron chi connectivity index (χ1n) is 6.93. The Hall–Kier alpha value is -1.18. The summed E-state index contributed by atoms with van der Waals surface area (Å²) in [5.74, 6) is 0.439. The van der Waals surface area contributed by atoms with Gasteiger partial charge in [-0.1, -0.05) is 56.4 Å². The number of benzene rings is 1. The molecule has 0 amide bonds. The lowest BCUT2D eigenvalue weighted by atomic mass is 10.0. The lowest BCUT2D eigenvalue weighted by molar-refractivity contribution is 1.25. The Balaban J connectivity index is 2.43. The number of nitrogens with zero attached hydrogens (tertiary/aromatic N) is 1. The summed E-state index contributed by atoms with van der Waals surface area (Å²) < 4.78 is 0. The van der Waals surface area contributed by atoms with Gasteiger partial charge < -0.3 is 11.5 Å². The van der Waals surface area contributed by atoms with Gasteiger partial charge in [0.25, 0.3) is 0 Å². The zero-order valence-corrected chi connectivity index (χ0v) is 16.3. The normalized spacial score (nSPS) is 12.5. The van der Waals surface area contributed by atoms with Gasteiger partial charge in [0, 0.05) is 44.1 Å². The number of aromatic nitrogens is 1. The van der Waals surface area contributed by atoms with Crippen LogP contribution in [0.15, 0.2) is 53.7 Å². The van der Waals surface area contributed by atoms with Crippen molar-refractivity contribution >= 4 is 53.1 Å². The second-order valence-corrected chi connectivity index (χ2v) is 7.35. The summed E-state index contributed by atoms with van der Waals surface area (Å²) in [4.78, 5) is 5.07. The molecule has 0 unspecified atom stereocenters. The van der Waals surface area contributed by atoms with E-state index < -0.39 is 0 Å². The number of allylic oxidation sites excluding steroid dienone is 2. The van der Waals surface area contributed by atoms with Crippen LogP contribution in [0.1, 0.15) is 16.7 Å². The molecule has 1 aromatic carbocycles. The van der Waals surface area contributed by atoms with Crippen molar-refractivity contribution in [2.45, 2.75) is 13.3 Å². The van der Waals surface area contributed by atoms with Crippen LogP contribution in [0.5, 0.6) is 0 Å². The minimum Gasteiger partial charge on any atom is -0.404 e. The first kappa shape index (κ1) is 18.2. The third-order valence-corrected chi connectivity index (χ3v) is 5.49. The molecule has 0 aliphatic carbocycles. The van der Waals surface area contributed by atoms with Crippen LogP contribution in [-0.4, -0.2) is 4.98 Å². The summed E-state index contributed by atoms with van der Waals surface area (Å²) in [7, 11) is 1.54. The number of aryl methyl sites for hydroxylation is 1. The summed E-state index contributed by atoms with van der Waals surface area (Å²) in [5.41, 5.74) is 16.0. The fourth-order valence-electron chi connectivity index (χ4n) is 2.11. The Bertz CT molecular complexity index is 742. The van der Waals surface area contributed by atoms with Gasteiger partial charge >= 0.3 is 0 Å². The second-order valence-electron chi connectivity index (χ2n) is 5.00. The van der Waals surface area contributed by atoms with Crippen LogP contribution in [0, 0.1) is 6.92 Å².